The van der Waals surface area contributed by atoms with Crippen molar-refractivity contribution in [2.24, 2.45) is 0 Å². The lowest BCUT2D eigenvalue weighted by Crippen LogP contribution is -2.72. The normalized spacial score (nSPS) is 25.9. The molecule has 1 N–H and O–H groups in total. The highest BCUT2D eigenvalue weighted by Gasteiger charge is 2.67. The summed E-state index contributed by atoms with van der Waals surface area (Å²) in [4.78, 5) is 54.5. The third-order valence-corrected chi connectivity index (χ3v) is 7.63. The van der Waals surface area contributed by atoms with E-state index in [-0.39, 0.29) is 11.8 Å². The van der Waals surface area contributed by atoms with Crippen molar-refractivity contribution in [3.8, 4) is 0 Å². The average molecular weight is 436 g/mol. The number of β-lactam (4-membered cyclic amide) rings is 1. The predicted molar refractivity (Wildman–Crippen MR) is 115 cm³/mol. The van der Waals surface area contributed by atoms with Crippen molar-refractivity contribution in [3.63, 3.8) is 0 Å². The van der Waals surface area contributed by atoms with Crippen molar-refractivity contribution < 1.29 is 19.2 Å². The Hall–Kier alpha value is -3.13. The molecule has 0 aromatic heterocycles. The molecule has 2 aromatic rings. The lowest BCUT2D eigenvalue weighted by molar-refractivity contribution is -0.156. The van der Waals surface area contributed by atoms with Gasteiger partial charge in [-0.15, -0.1) is 11.8 Å². The van der Waals surface area contributed by atoms with E-state index in [0.717, 1.165) is 10.5 Å². The van der Waals surface area contributed by atoms with Gasteiger partial charge in [-0.1, -0.05) is 42.5 Å². The fourth-order valence-electron chi connectivity index (χ4n) is 4.60. The Morgan fingerprint density at radius 2 is 1.55 bits per heavy atom. The number of hydrogen-bond donors (Lipinski definition) is 1. The molecule has 3 atom stereocenters. The zero-order chi connectivity index (χ0) is 21.9. The molecule has 3 aliphatic rings. The fourth-order valence-corrected chi connectivity index (χ4v) is 6.28. The molecule has 7 nitrogen and oxygen atoms in total. The Balaban J connectivity index is 1.36. The molecule has 8 heteroatoms. The number of nitrogens with zero attached hydrogens (tertiary/aromatic N) is 2. The molecular formula is C23H21N3O4S. The fraction of sp³-hybridized carbons (Fsp3) is 0.304. The molecule has 4 amide bonds. The van der Waals surface area contributed by atoms with Crippen LogP contribution >= 0.6 is 11.8 Å². The highest BCUT2D eigenvalue weighted by Crippen LogP contribution is 2.52. The highest BCUT2D eigenvalue weighted by molar-refractivity contribution is 8.01. The summed E-state index contributed by atoms with van der Waals surface area (Å²) in [5.41, 5.74) is 1.60. The Morgan fingerprint density at radius 1 is 0.968 bits per heavy atom. The average Bonchev–Trinajstić information content (AvgIpc) is 3.16. The van der Waals surface area contributed by atoms with Gasteiger partial charge in [0.25, 0.3) is 17.7 Å². The predicted octanol–water partition coefficient (Wildman–Crippen LogP) is 2.03. The van der Waals surface area contributed by atoms with E-state index in [9.17, 15) is 19.2 Å². The van der Waals surface area contributed by atoms with Gasteiger partial charge in [-0.05, 0) is 31.5 Å². The molecule has 31 heavy (non-hydrogen) atoms. The van der Waals surface area contributed by atoms with E-state index in [0.29, 0.717) is 17.7 Å². The monoisotopic (exact) mass is 435 g/mol. The molecule has 2 fully saturated rings. The standard InChI is InChI=1S/C23H21N3O4S/c1-23(2)17(18(27)24-12-13-8-4-3-5-9-13)26-21(30)16(22(26)31-23)25-19(28)14-10-6-7-11-15(14)20(25)29/h3-11,16-17,22H,12H2,1-2H3,(H,24,27)/t16-,17+,22-/m1/s1. The molecule has 3 aliphatic heterocycles. The quantitative estimate of drug-likeness (QED) is 0.587. The van der Waals surface area contributed by atoms with Gasteiger partial charge in [-0.25, -0.2) is 0 Å². The first-order valence-corrected chi connectivity index (χ1v) is 11.0. The summed E-state index contributed by atoms with van der Waals surface area (Å²) in [5.74, 6) is -1.50. The lowest BCUT2D eigenvalue weighted by Gasteiger charge is -2.46. The molecule has 2 saturated heterocycles. The number of imide groups is 1. The van der Waals surface area contributed by atoms with Crippen molar-refractivity contribution in [2.75, 3.05) is 0 Å². The molecule has 0 radical (unpaired) electrons. The topological polar surface area (TPSA) is 86.8 Å². The van der Waals surface area contributed by atoms with Crippen molar-refractivity contribution in [2.45, 2.75) is 42.6 Å². The van der Waals surface area contributed by atoms with Gasteiger partial charge in [0.2, 0.25) is 5.91 Å². The van der Waals surface area contributed by atoms with Gasteiger partial charge < -0.3 is 10.2 Å². The van der Waals surface area contributed by atoms with Crippen LogP contribution in [0.4, 0.5) is 0 Å². The van der Waals surface area contributed by atoms with Crippen molar-refractivity contribution in [3.05, 3.63) is 71.3 Å². The van der Waals surface area contributed by atoms with E-state index < -0.39 is 34.0 Å². The van der Waals surface area contributed by atoms with Gasteiger partial charge in [0.15, 0.2) is 0 Å². The molecule has 5 rings (SSSR count). The number of amides is 4. The number of hydrogen-bond acceptors (Lipinski definition) is 5. The molecular weight excluding hydrogens is 414 g/mol. The first-order valence-electron chi connectivity index (χ1n) is 10.1. The molecule has 158 valence electrons. The minimum Gasteiger partial charge on any atom is -0.350 e. The highest BCUT2D eigenvalue weighted by atomic mass is 32.2. The molecule has 0 unspecified atom stereocenters. The van der Waals surface area contributed by atoms with Crippen LogP contribution < -0.4 is 5.32 Å². The first-order chi connectivity index (χ1) is 14.8. The van der Waals surface area contributed by atoms with Gasteiger partial charge >= 0.3 is 0 Å². The molecule has 3 heterocycles. The number of thioether (sulfide) groups is 1. The van der Waals surface area contributed by atoms with E-state index in [1.807, 2.05) is 44.2 Å². The largest absolute Gasteiger partial charge is 0.350 e. The van der Waals surface area contributed by atoms with Crippen molar-refractivity contribution in [1.82, 2.24) is 15.1 Å². The minimum absolute atomic E-state index is 0.238. The van der Waals surface area contributed by atoms with Gasteiger partial charge in [0, 0.05) is 11.3 Å². The number of carbonyl (C=O) groups excluding carboxylic acids is 4. The van der Waals surface area contributed by atoms with E-state index in [4.69, 9.17) is 0 Å². The second-order valence-electron chi connectivity index (χ2n) is 8.43. The third-order valence-electron chi connectivity index (χ3n) is 6.07. The summed E-state index contributed by atoms with van der Waals surface area (Å²) in [6.45, 7) is 4.19. The first kappa shape index (κ1) is 19.8. The summed E-state index contributed by atoms with van der Waals surface area (Å²) < 4.78 is -0.561. The maximum absolute atomic E-state index is 13.1. The summed E-state index contributed by atoms with van der Waals surface area (Å²) in [7, 11) is 0. The number of carbonyl (C=O) groups is 4. The summed E-state index contributed by atoms with van der Waals surface area (Å²) in [6, 6.07) is 14.6. The van der Waals surface area contributed by atoms with Crippen LogP contribution in [0.25, 0.3) is 0 Å². The van der Waals surface area contributed by atoms with Crippen molar-refractivity contribution >= 4 is 35.4 Å². The number of rotatable bonds is 4. The summed E-state index contributed by atoms with van der Waals surface area (Å²) >= 11 is 1.46. The van der Waals surface area contributed by atoms with Gasteiger partial charge in [-0.3, -0.25) is 24.1 Å². The van der Waals surface area contributed by atoms with Crippen LogP contribution in [0.5, 0.6) is 0 Å². The maximum atomic E-state index is 13.1. The van der Waals surface area contributed by atoms with Crippen LogP contribution in [0.2, 0.25) is 0 Å². The van der Waals surface area contributed by atoms with Gasteiger partial charge in [0.05, 0.1) is 11.1 Å². The van der Waals surface area contributed by atoms with E-state index in [1.165, 1.54) is 16.7 Å². The molecule has 2 aromatic carbocycles. The smallest absolute Gasteiger partial charge is 0.262 e. The van der Waals surface area contributed by atoms with Gasteiger partial charge in [-0.2, -0.15) is 0 Å². The second-order valence-corrected chi connectivity index (χ2v) is 10.2. The van der Waals surface area contributed by atoms with E-state index in [2.05, 4.69) is 5.32 Å². The minimum atomic E-state index is -0.886. The SMILES string of the molecule is CC1(C)S[C@@H]2[C@H](N3C(=O)c4ccccc4C3=O)C(=O)N2[C@H]1C(=O)NCc1ccccc1. The van der Waals surface area contributed by atoms with Crippen molar-refractivity contribution in [1.29, 1.82) is 0 Å². The number of benzene rings is 2. The Labute approximate surface area is 183 Å². The van der Waals surface area contributed by atoms with Crippen LogP contribution in [-0.4, -0.2) is 55.6 Å². The Kier molecular flexibility index (Phi) is 4.44. The van der Waals surface area contributed by atoms with Crippen LogP contribution in [0, 0.1) is 0 Å². The molecule has 0 saturated carbocycles. The van der Waals surface area contributed by atoms with E-state index >= 15 is 0 Å². The Morgan fingerprint density at radius 3 is 2.16 bits per heavy atom. The number of nitrogens with one attached hydrogen (secondary N) is 1. The van der Waals surface area contributed by atoms with E-state index in [1.54, 1.807) is 24.3 Å². The Bertz CT molecular complexity index is 1080. The molecule has 0 bridgehead atoms. The van der Waals surface area contributed by atoms with Crippen LogP contribution in [0.15, 0.2) is 54.6 Å². The summed E-state index contributed by atoms with van der Waals surface area (Å²) in [6.07, 6.45) is 0. The van der Waals surface area contributed by atoms with Crippen LogP contribution in [0.3, 0.4) is 0 Å². The third kappa shape index (κ3) is 2.89. The second kappa shape index (κ2) is 6.95. The maximum Gasteiger partial charge on any atom is 0.262 e. The van der Waals surface area contributed by atoms with Crippen LogP contribution in [-0.2, 0) is 16.1 Å². The van der Waals surface area contributed by atoms with Crippen LogP contribution in [0.1, 0.15) is 40.1 Å². The molecule has 0 aliphatic carbocycles. The summed E-state index contributed by atoms with van der Waals surface area (Å²) in [5, 5.41) is 2.49. The zero-order valence-corrected chi connectivity index (χ0v) is 17.9. The molecule has 0 spiro atoms. The lowest BCUT2D eigenvalue weighted by atomic mass is 9.94. The number of fused-ring (bicyclic) bond motifs is 2. The zero-order valence-electron chi connectivity index (χ0n) is 17.1. The van der Waals surface area contributed by atoms with Gasteiger partial charge in [0.1, 0.15) is 17.5 Å².